The highest BCUT2D eigenvalue weighted by Gasteiger charge is 2.68. The fourth-order valence-electron chi connectivity index (χ4n) is 4.40. The van der Waals surface area contributed by atoms with Gasteiger partial charge in [0.2, 0.25) is 0 Å². The normalized spacial score (nSPS) is 32.8. The number of fused-ring (bicyclic) bond motifs is 3. The summed E-state index contributed by atoms with van der Waals surface area (Å²) >= 11 is -1.47. The first kappa shape index (κ1) is 17.9. The van der Waals surface area contributed by atoms with Crippen LogP contribution < -0.4 is 0 Å². The minimum Gasteiger partial charge on any atom is -0.355 e. The summed E-state index contributed by atoms with van der Waals surface area (Å²) in [6, 6.07) is 18.3. The minimum atomic E-state index is -1.47. The van der Waals surface area contributed by atoms with Crippen LogP contribution in [-0.2, 0) is 25.6 Å². The van der Waals surface area contributed by atoms with Crippen LogP contribution in [0.25, 0.3) is 0 Å². The highest BCUT2D eigenvalue weighted by molar-refractivity contribution is 7.80. The molecule has 0 saturated carbocycles. The van der Waals surface area contributed by atoms with Gasteiger partial charge >= 0.3 is 0 Å². The lowest BCUT2D eigenvalue weighted by molar-refractivity contribution is 0.0958. The highest BCUT2D eigenvalue weighted by Crippen LogP contribution is 2.62. The molecule has 2 aliphatic heterocycles. The second-order valence-corrected chi connectivity index (χ2v) is 8.56. The van der Waals surface area contributed by atoms with E-state index in [9.17, 15) is 4.21 Å². The van der Waals surface area contributed by atoms with E-state index in [0.717, 1.165) is 41.7 Å². The lowest BCUT2D eigenvalue weighted by Crippen LogP contribution is -2.38. The fraction of sp³-hybridized carbons (Fsp3) is 0.455. The van der Waals surface area contributed by atoms with Crippen molar-refractivity contribution < 1.29 is 13.1 Å². The van der Waals surface area contributed by atoms with E-state index in [4.69, 9.17) is 8.92 Å². The molecule has 0 N–H and O–H groups in total. The van der Waals surface area contributed by atoms with Crippen molar-refractivity contribution in [3.05, 3.63) is 65.7 Å². The van der Waals surface area contributed by atoms with Gasteiger partial charge in [0, 0.05) is 11.0 Å². The first-order valence-electron chi connectivity index (χ1n) is 9.56. The fourth-order valence-corrected chi connectivity index (χ4v) is 5.46. The average Bonchev–Trinajstić information content (AvgIpc) is 3.45. The quantitative estimate of drug-likeness (QED) is 0.698. The summed E-state index contributed by atoms with van der Waals surface area (Å²) in [6.07, 6.45) is 4.28. The Balaban J connectivity index is 1.89. The zero-order valence-electron chi connectivity index (χ0n) is 15.4. The number of benzene rings is 2. The number of hydrogen-bond acceptors (Lipinski definition) is 3. The number of hydrogen-bond donors (Lipinski definition) is 0. The molecule has 2 heterocycles. The molecule has 0 aliphatic carbocycles. The van der Waals surface area contributed by atoms with Gasteiger partial charge in [-0.25, -0.2) is 4.21 Å². The van der Waals surface area contributed by atoms with E-state index in [1.165, 1.54) is 0 Å². The van der Waals surface area contributed by atoms with Gasteiger partial charge in [0.25, 0.3) is 0 Å². The molecule has 26 heavy (non-hydrogen) atoms. The lowest BCUT2D eigenvalue weighted by Gasteiger charge is -2.34. The maximum atomic E-state index is 12.9. The maximum absolute atomic E-state index is 12.9. The Hall–Kier alpha value is -1.49. The molecule has 2 aliphatic rings. The molecule has 1 saturated heterocycles. The van der Waals surface area contributed by atoms with Gasteiger partial charge in [-0.05, 0) is 24.5 Å². The molecule has 2 unspecified atom stereocenters. The standard InChI is InChI=1S/C22H26O3S/c1-3-5-15-21(4-2)16-24-26(23)19-14-10-9-13-18(19)22(20(21)25-22)17-11-7-6-8-12-17/h6-14,20H,3-5,15-16H2,1-2H3/t20-,21+,22?,26?/m0/s1. The van der Waals surface area contributed by atoms with Gasteiger partial charge in [0.15, 0.2) is 11.1 Å². The number of unbranched alkanes of at least 4 members (excludes halogenated alkanes) is 1. The van der Waals surface area contributed by atoms with Gasteiger partial charge in [-0.15, -0.1) is 0 Å². The summed E-state index contributed by atoms with van der Waals surface area (Å²) in [5.74, 6) is 0. The zero-order chi connectivity index (χ0) is 18.2. The van der Waals surface area contributed by atoms with E-state index >= 15 is 0 Å². The van der Waals surface area contributed by atoms with Crippen LogP contribution >= 0.6 is 0 Å². The van der Waals surface area contributed by atoms with E-state index in [-0.39, 0.29) is 11.5 Å². The van der Waals surface area contributed by atoms with Crippen LogP contribution in [0.4, 0.5) is 0 Å². The van der Waals surface area contributed by atoms with Crippen LogP contribution in [0.1, 0.15) is 50.7 Å². The molecule has 0 bridgehead atoms. The van der Waals surface area contributed by atoms with E-state index < -0.39 is 16.7 Å². The first-order valence-corrected chi connectivity index (χ1v) is 10.6. The second-order valence-electron chi connectivity index (χ2n) is 7.41. The van der Waals surface area contributed by atoms with Crippen molar-refractivity contribution in [1.29, 1.82) is 0 Å². The SMILES string of the molecule is CCCC[C@]1(CC)COS(=O)c2ccccc2C2(c3ccccc3)O[C@H]21. The number of epoxide rings is 1. The minimum absolute atomic E-state index is 0.0485. The Kier molecular flexibility index (Phi) is 4.76. The Morgan fingerprint density at radius 3 is 2.54 bits per heavy atom. The molecule has 0 radical (unpaired) electrons. The highest BCUT2D eigenvalue weighted by atomic mass is 32.2. The predicted octanol–water partition coefficient (Wildman–Crippen LogP) is 4.97. The Morgan fingerprint density at radius 2 is 1.81 bits per heavy atom. The van der Waals surface area contributed by atoms with E-state index in [0.29, 0.717) is 6.61 Å². The molecule has 1 fully saturated rings. The van der Waals surface area contributed by atoms with Crippen LogP contribution in [0.15, 0.2) is 59.5 Å². The summed E-state index contributed by atoms with van der Waals surface area (Å²) in [5, 5.41) is 0. The van der Waals surface area contributed by atoms with E-state index in [1.807, 2.05) is 24.3 Å². The Bertz CT molecular complexity index is 806. The smallest absolute Gasteiger partial charge is 0.189 e. The topological polar surface area (TPSA) is 38.8 Å². The molecule has 2 aromatic carbocycles. The summed E-state index contributed by atoms with van der Waals surface area (Å²) in [5.41, 5.74) is 1.50. The molecule has 0 spiro atoms. The number of ether oxygens (including phenoxy) is 1. The third-order valence-electron chi connectivity index (χ3n) is 6.03. The molecule has 0 aromatic heterocycles. The largest absolute Gasteiger partial charge is 0.355 e. The first-order chi connectivity index (χ1) is 12.7. The van der Waals surface area contributed by atoms with Crippen molar-refractivity contribution in [2.24, 2.45) is 5.41 Å². The third kappa shape index (κ3) is 2.67. The number of rotatable bonds is 5. The maximum Gasteiger partial charge on any atom is 0.189 e. The molecule has 2 aromatic rings. The summed E-state index contributed by atoms with van der Waals surface area (Å²) in [7, 11) is 0. The molecular formula is C22H26O3S. The van der Waals surface area contributed by atoms with Gasteiger partial charge in [-0.3, -0.25) is 4.18 Å². The Morgan fingerprint density at radius 1 is 1.08 bits per heavy atom. The van der Waals surface area contributed by atoms with Crippen LogP contribution in [0.3, 0.4) is 0 Å². The predicted molar refractivity (Wildman–Crippen MR) is 103 cm³/mol. The van der Waals surface area contributed by atoms with E-state index in [2.05, 4.69) is 44.2 Å². The van der Waals surface area contributed by atoms with Crippen LogP contribution in [0.2, 0.25) is 0 Å². The molecule has 0 amide bonds. The second kappa shape index (κ2) is 6.91. The molecule has 138 valence electrons. The summed E-state index contributed by atoms with van der Waals surface area (Å²) < 4.78 is 25.4. The zero-order valence-corrected chi connectivity index (χ0v) is 16.3. The van der Waals surface area contributed by atoms with Gasteiger partial charge in [0.1, 0.15) is 11.7 Å². The van der Waals surface area contributed by atoms with Gasteiger partial charge in [0.05, 0.1) is 11.5 Å². The van der Waals surface area contributed by atoms with Crippen LogP contribution in [-0.4, -0.2) is 16.9 Å². The van der Waals surface area contributed by atoms with Crippen molar-refractivity contribution in [2.45, 2.75) is 56.1 Å². The van der Waals surface area contributed by atoms with Crippen LogP contribution in [0.5, 0.6) is 0 Å². The lowest BCUT2D eigenvalue weighted by atomic mass is 9.71. The molecular weight excluding hydrogens is 344 g/mol. The van der Waals surface area contributed by atoms with Crippen LogP contribution in [0, 0.1) is 5.41 Å². The monoisotopic (exact) mass is 370 g/mol. The molecule has 4 heteroatoms. The van der Waals surface area contributed by atoms with Crippen molar-refractivity contribution >= 4 is 11.1 Å². The van der Waals surface area contributed by atoms with Crippen molar-refractivity contribution in [1.82, 2.24) is 0 Å². The average molecular weight is 371 g/mol. The van der Waals surface area contributed by atoms with Crippen molar-refractivity contribution in [3.63, 3.8) is 0 Å². The van der Waals surface area contributed by atoms with Crippen molar-refractivity contribution in [3.8, 4) is 0 Å². The van der Waals surface area contributed by atoms with Gasteiger partial charge in [-0.2, -0.15) is 0 Å². The summed E-state index contributed by atoms with van der Waals surface area (Å²) in [4.78, 5) is 0.735. The summed E-state index contributed by atoms with van der Waals surface area (Å²) in [6.45, 7) is 4.88. The molecule has 3 nitrogen and oxygen atoms in total. The van der Waals surface area contributed by atoms with Gasteiger partial charge in [-0.1, -0.05) is 75.2 Å². The van der Waals surface area contributed by atoms with E-state index in [1.54, 1.807) is 0 Å². The molecule has 4 atom stereocenters. The molecule has 4 rings (SSSR count). The third-order valence-corrected chi connectivity index (χ3v) is 7.07. The van der Waals surface area contributed by atoms with Gasteiger partial charge < -0.3 is 4.74 Å². The van der Waals surface area contributed by atoms with Crippen molar-refractivity contribution in [2.75, 3.05) is 6.61 Å². The Labute approximate surface area is 158 Å².